The molecule has 0 aliphatic rings. The van der Waals surface area contributed by atoms with Crippen LogP contribution in [0.25, 0.3) is 0 Å². The minimum atomic E-state index is -2.92. The van der Waals surface area contributed by atoms with Crippen LogP contribution in [0.3, 0.4) is 0 Å². The van der Waals surface area contributed by atoms with Crippen molar-refractivity contribution in [2.45, 2.75) is 12.3 Å². The molecule has 5 heteroatoms. The maximum absolute atomic E-state index is 12.4. The Bertz CT molecular complexity index is 335. The van der Waals surface area contributed by atoms with Crippen LogP contribution in [0.1, 0.15) is 11.5 Å². The SMILES string of the molecule is COc1ccc(C(C(=O)O)C(F)F)cc1. The fourth-order valence-electron chi connectivity index (χ4n) is 1.21. The highest BCUT2D eigenvalue weighted by atomic mass is 19.3. The van der Waals surface area contributed by atoms with E-state index in [1.165, 1.54) is 31.4 Å². The molecule has 82 valence electrons. The molecule has 15 heavy (non-hydrogen) atoms. The summed E-state index contributed by atoms with van der Waals surface area (Å²) in [6.45, 7) is 0. The molecular weight excluding hydrogens is 206 g/mol. The fraction of sp³-hybridized carbons (Fsp3) is 0.300. The lowest BCUT2D eigenvalue weighted by Crippen LogP contribution is -2.19. The molecule has 0 radical (unpaired) electrons. The molecule has 1 aromatic rings. The quantitative estimate of drug-likeness (QED) is 0.838. The van der Waals surface area contributed by atoms with Crippen LogP contribution in [0.15, 0.2) is 24.3 Å². The monoisotopic (exact) mass is 216 g/mol. The maximum atomic E-state index is 12.4. The van der Waals surface area contributed by atoms with Crippen molar-refractivity contribution in [1.29, 1.82) is 0 Å². The van der Waals surface area contributed by atoms with Gasteiger partial charge in [-0.2, -0.15) is 0 Å². The molecule has 3 nitrogen and oxygen atoms in total. The summed E-state index contributed by atoms with van der Waals surface area (Å²) in [6.07, 6.45) is -2.92. The van der Waals surface area contributed by atoms with Crippen molar-refractivity contribution >= 4 is 5.97 Å². The molecule has 0 heterocycles. The number of carboxylic acid groups (broad SMARTS) is 1. The van der Waals surface area contributed by atoms with E-state index in [9.17, 15) is 13.6 Å². The number of hydrogen-bond acceptors (Lipinski definition) is 2. The zero-order chi connectivity index (χ0) is 11.4. The first kappa shape index (κ1) is 11.4. The number of rotatable bonds is 4. The molecule has 1 N–H and O–H groups in total. The van der Waals surface area contributed by atoms with Gasteiger partial charge in [-0.15, -0.1) is 0 Å². The average Bonchev–Trinajstić information content (AvgIpc) is 2.18. The van der Waals surface area contributed by atoms with Gasteiger partial charge in [-0.3, -0.25) is 4.79 Å². The number of aliphatic carboxylic acids is 1. The second-order valence-corrected chi connectivity index (χ2v) is 2.92. The van der Waals surface area contributed by atoms with E-state index in [1.54, 1.807) is 0 Å². The first-order valence-electron chi connectivity index (χ1n) is 4.21. The zero-order valence-electron chi connectivity index (χ0n) is 7.98. The molecule has 1 atom stereocenters. The standard InChI is InChI=1S/C10H10F2O3/c1-15-7-4-2-6(3-5-7)8(9(11)12)10(13)14/h2-5,8-9H,1H3,(H,13,14). The lowest BCUT2D eigenvalue weighted by atomic mass is 10.00. The molecule has 0 aliphatic heterocycles. The predicted octanol–water partition coefficient (Wildman–Crippen LogP) is 2.13. The van der Waals surface area contributed by atoms with Gasteiger partial charge in [-0.05, 0) is 17.7 Å². The second kappa shape index (κ2) is 4.72. The molecule has 0 saturated heterocycles. The summed E-state index contributed by atoms with van der Waals surface area (Å²) in [4.78, 5) is 10.6. The van der Waals surface area contributed by atoms with Crippen LogP contribution in [-0.4, -0.2) is 24.6 Å². The van der Waals surface area contributed by atoms with Gasteiger partial charge in [-0.25, -0.2) is 8.78 Å². The Morgan fingerprint density at radius 2 is 1.87 bits per heavy atom. The van der Waals surface area contributed by atoms with E-state index >= 15 is 0 Å². The number of halogens is 2. The van der Waals surface area contributed by atoms with Gasteiger partial charge in [-0.1, -0.05) is 12.1 Å². The van der Waals surface area contributed by atoms with Crippen molar-refractivity contribution in [2.24, 2.45) is 0 Å². The summed E-state index contributed by atoms with van der Waals surface area (Å²) in [5.41, 5.74) is 0.0679. The summed E-state index contributed by atoms with van der Waals surface area (Å²) in [5.74, 6) is -2.82. The van der Waals surface area contributed by atoms with Crippen LogP contribution in [0.5, 0.6) is 5.75 Å². The summed E-state index contributed by atoms with van der Waals surface area (Å²) >= 11 is 0. The van der Waals surface area contributed by atoms with E-state index in [1.807, 2.05) is 0 Å². The number of carboxylic acids is 1. The average molecular weight is 216 g/mol. The van der Waals surface area contributed by atoms with Crippen molar-refractivity contribution < 1.29 is 23.4 Å². The molecule has 1 unspecified atom stereocenters. The first-order valence-corrected chi connectivity index (χ1v) is 4.21. The summed E-state index contributed by atoms with van der Waals surface area (Å²) in [6, 6.07) is 5.55. The third kappa shape index (κ3) is 2.65. The van der Waals surface area contributed by atoms with Gasteiger partial charge >= 0.3 is 5.97 Å². The smallest absolute Gasteiger partial charge is 0.316 e. The molecule has 0 aromatic heterocycles. The van der Waals surface area contributed by atoms with Crippen LogP contribution in [-0.2, 0) is 4.79 Å². The van der Waals surface area contributed by atoms with E-state index < -0.39 is 18.3 Å². The van der Waals surface area contributed by atoms with E-state index in [0.29, 0.717) is 5.75 Å². The van der Waals surface area contributed by atoms with Crippen LogP contribution in [0, 0.1) is 0 Å². The van der Waals surface area contributed by atoms with E-state index in [-0.39, 0.29) is 5.56 Å². The van der Waals surface area contributed by atoms with Crippen molar-refractivity contribution in [3.05, 3.63) is 29.8 Å². The Morgan fingerprint density at radius 1 is 1.33 bits per heavy atom. The van der Waals surface area contributed by atoms with Crippen molar-refractivity contribution in [1.82, 2.24) is 0 Å². The second-order valence-electron chi connectivity index (χ2n) is 2.92. The maximum Gasteiger partial charge on any atom is 0.316 e. The number of benzene rings is 1. The lowest BCUT2D eigenvalue weighted by molar-refractivity contribution is -0.142. The van der Waals surface area contributed by atoms with Gasteiger partial charge in [0.05, 0.1) is 7.11 Å². The van der Waals surface area contributed by atoms with Crippen molar-refractivity contribution in [3.8, 4) is 5.75 Å². The predicted molar refractivity (Wildman–Crippen MR) is 49.4 cm³/mol. The van der Waals surface area contributed by atoms with Crippen LogP contribution in [0.2, 0.25) is 0 Å². The third-order valence-corrected chi connectivity index (χ3v) is 1.99. The number of ether oxygens (including phenoxy) is 1. The van der Waals surface area contributed by atoms with Crippen molar-refractivity contribution in [3.63, 3.8) is 0 Å². The normalized spacial score (nSPS) is 12.5. The van der Waals surface area contributed by atoms with Gasteiger partial charge in [0.25, 0.3) is 6.43 Å². The van der Waals surface area contributed by atoms with Crippen molar-refractivity contribution in [2.75, 3.05) is 7.11 Å². The van der Waals surface area contributed by atoms with Gasteiger partial charge < -0.3 is 9.84 Å². The number of methoxy groups -OCH3 is 1. The van der Waals surface area contributed by atoms with Crippen LogP contribution < -0.4 is 4.74 Å². The Balaban J connectivity index is 2.97. The molecular formula is C10H10F2O3. The highest BCUT2D eigenvalue weighted by Gasteiger charge is 2.29. The molecule has 0 aliphatic carbocycles. The molecule has 0 bridgehead atoms. The summed E-state index contributed by atoms with van der Waals surface area (Å²) in [5, 5.41) is 8.61. The minimum Gasteiger partial charge on any atom is -0.497 e. The Hall–Kier alpha value is -1.65. The number of alkyl halides is 2. The van der Waals surface area contributed by atoms with E-state index in [0.717, 1.165) is 0 Å². The Labute approximate surface area is 85.3 Å². The van der Waals surface area contributed by atoms with Gasteiger partial charge in [0.2, 0.25) is 0 Å². The van der Waals surface area contributed by atoms with Gasteiger partial charge in [0.15, 0.2) is 0 Å². The van der Waals surface area contributed by atoms with Gasteiger partial charge in [0, 0.05) is 0 Å². The Kier molecular flexibility index (Phi) is 3.60. The fourth-order valence-corrected chi connectivity index (χ4v) is 1.21. The first-order chi connectivity index (χ1) is 7.06. The molecule has 1 aromatic carbocycles. The molecule has 0 saturated carbocycles. The van der Waals surface area contributed by atoms with Crippen LogP contribution in [0.4, 0.5) is 8.78 Å². The Morgan fingerprint density at radius 3 is 2.20 bits per heavy atom. The highest BCUT2D eigenvalue weighted by Crippen LogP contribution is 2.25. The minimum absolute atomic E-state index is 0.0679. The van der Waals surface area contributed by atoms with E-state index in [2.05, 4.69) is 0 Å². The number of hydrogen-bond donors (Lipinski definition) is 1. The molecule has 0 amide bonds. The lowest BCUT2D eigenvalue weighted by Gasteiger charge is -2.11. The zero-order valence-corrected chi connectivity index (χ0v) is 7.98. The molecule has 0 fully saturated rings. The third-order valence-electron chi connectivity index (χ3n) is 1.99. The molecule has 0 spiro atoms. The topological polar surface area (TPSA) is 46.5 Å². The summed E-state index contributed by atoms with van der Waals surface area (Å²) < 4.78 is 29.6. The largest absolute Gasteiger partial charge is 0.497 e. The number of carbonyl (C=O) groups is 1. The summed E-state index contributed by atoms with van der Waals surface area (Å²) in [7, 11) is 1.44. The molecule has 1 rings (SSSR count). The van der Waals surface area contributed by atoms with Gasteiger partial charge in [0.1, 0.15) is 11.7 Å². The van der Waals surface area contributed by atoms with Crippen LogP contribution >= 0.6 is 0 Å². The van der Waals surface area contributed by atoms with E-state index in [4.69, 9.17) is 9.84 Å². The highest BCUT2D eigenvalue weighted by molar-refractivity contribution is 5.76.